The van der Waals surface area contributed by atoms with Crippen molar-refractivity contribution >= 4 is 23.2 Å². The standard InChI is InChI=1S/C17H16N2O3/c1-21-10-6-7-13-11(8-10)12(17(20)19-13)9-16-18-14-4-2-3-5-15(14)22-16/h6-9H,2-5H2,1H3,(H,19,20). The van der Waals surface area contributed by atoms with Gasteiger partial charge in [0.15, 0.2) is 0 Å². The molecule has 0 bridgehead atoms. The van der Waals surface area contributed by atoms with Crippen molar-refractivity contribution in [2.24, 2.45) is 0 Å². The summed E-state index contributed by atoms with van der Waals surface area (Å²) in [5.74, 6) is 2.04. The van der Waals surface area contributed by atoms with Crippen LogP contribution in [0.4, 0.5) is 5.69 Å². The summed E-state index contributed by atoms with van der Waals surface area (Å²) in [5.41, 5.74) is 3.20. The first-order valence-electron chi connectivity index (χ1n) is 7.44. The SMILES string of the molecule is COc1ccc2c(c1)C(=Cc1nc3c(o1)CCCC3)C(=O)N2. The molecule has 1 aromatic carbocycles. The number of anilines is 1. The Labute approximate surface area is 128 Å². The third-order valence-corrected chi connectivity index (χ3v) is 4.14. The average molecular weight is 296 g/mol. The number of benzene rings is 1. The van der Waals surface area contributed by atoms with E-state index in [9.17, 15) is 4.79 Å². The lowest BCUT2D eigenvalue weighted by Crippen LogP contribution is -2.03. The molecule has 2 aromatic rings. The minimum atomic E-state index is -0.139. The number of aryl methyl sites for hydroxylation is 2. The summed E-state index contributed by atoms with van der Waals surface area (Å²) < 4.78 is 11.0. The number of fused-ring (bicyclic) bond motifs is 2. The molecule has 0 radical (unpaired) electrons. The molecular formula is C17H16N2O3. The van der Waals surface area contributed by atoms with Crippen molar-refractivity contribution < 1.29 is 13.9 Å². The molecule has 0 atom stereocenters. The van der Waals surface area contributed by atoms with Crippen molar-refractivity contribution in [2.45, 2.75) is 25.7 Å². The van der Waals surface area contributed by atoms with Crippen LogP contribution in [0.3, 0.4) is 0 Å². The summed E-state index contributed by atoms with van der Waals surface area (Å²) in [6, 6.07) is 5.52. The molecule has 1 N–H and O–H groups in total. The van der Waals surface area contributed by atoms with E-state index in [1.807, 2.05) is 18.2 Å². The number of nitrogens with one attached hydrogen (secondary N) is 1. The number of methoxy groups -OCH3 is 1. The van der Waals surface area contributed by atoms with Crippen LogP contribution in [0, 0.1) is 0 Å². The van der Waals surface area contributed by atoms with E-state index >= 15 is 0 Å². The van der Waals surface area contributed by atoms with Crippen LogP contribution in [-0.2, 0) is 17.6 Å². The molecule has 1 aliphatic heterocycles. The Morgan fingerprint density at radius 1 is 1.32 bits per heavy atom. The van der Waals surface area contributed by atoms with E-state index in [2.05, 4.69) is 10.3 Å². The van der Waals surface area contributed by atoms with E-state index < -0.39 is 0 Å². The number of aromatic nitrogens is 1. The number of amides is 1. The highest BCUT2D eigenvalue weighted by atomic mass is 16.5. The second kappa shape index (κ2) is 5.02. The molecule has 1 amide bonds. The van der Waals surface area contributed by atoms with Crippen LogP contribution in [-0.4, -0.2) is 18.0 Å². The lowest BCUT2D eigenvalue weighted by atomic mass is 10.0. The minimum Gasteiger partial charge on any atom is -0.497 e. The predicted octanol–water partition coefficient (Wildman–Crippen LogP) is 3.05. The molecule has 2 heterocycles. The first-order valence-corrected chi connectivity index (χ1v) is 7.44. The van der Waals surface area contributed by atoms with Gasteiger partial charge in [0.2, 0.25) is 5.89 Å². The maximum atomic E-state index is 12.2. The van der Waals surface area contributed by atoms with E-state index in [1.165, 1.54) is 0 Å². The van der Waals surface area contributed by atoms with E-state index in [4.69, 9.17) is 9.15 Å². The smallest absolute Gasteiger partial charge is 0.256 e. The molecule has 0 fully saturated rings. The molecule has 0 saturated heterocycles. The summed E-state index contributed by atoms with van der Waals surface area (Å²) in [6.07, 6.45) is 5.90. The van der Waals surface area contributed by atoms with E-state index in [-0.39, 0.29) is 5.91 Å². The van der Waals surface area contributed by atoms with Gasteiger partial charge in [-0.15, -0.1) is 0 Å². The van der Waals surface area contributed by atoms with Gasteiger partial charge in [-0.05, 0) is 37.5 Å². The Balaban J connectivity index is 1.76. The monoisotopic (exact) mass is 296 g/mol. The predicted molar refractivity (Wildman–Crippen MR) is 82.6 cm³/mol. The van der Waals surface area contributed by atoms with Crippen molar-refractivity contribution in [3.63, 3.8) is 0 Å². The number of ether oxygens (including phenoxy) is 1. The second-order valence-electron chi connectivity index (χ2n) is 5.55. The molecule has 1 aliphatic carbocycles. The highest BCUT2D eigenvalue weighted by molar-refractivity contribution is 6.34. The Bertz CT molecular complexity index is 766. The zero-order valence-electron chi connectivity index (χ0n) is 12.3. The van der Waals surface area contributed by atoms with Gasteiger partial charge in [-0.2, -0.15) is 0 Å². The quantitative estimate of drug-likeness (QED) is 0.865. The van der Waals surface area contributed by atoms with E-state index in [1.54, 1.807) is 13.2 Å². The lowest BCUT2D eigenvalue weighted by Gasteiger charge is -2.05. The Hall–Kier alpha value is -2.56. The van der Waals surface area contributed by atoms with Crippen LogP contribution in [0.1, 0.15) is 35.7 Å². The average Bonchev–Trinajstić information content (AvgIpc) is 3.08. The number of nitrogens with zero attached hydrogens (tertiary/aromatic N) is 1. The second-order valence-corrected chi connectivity index (χ2v) is 5.55. The number of carbonyl (C=O) groups is 1. The zero-order valence-corrected chi connectivity index (χ0v) is 12.3. The molecule has 2 aliphatic rings. The summed E-state index contributed by atoms with van der Waals surface area (Å²) >= 11 is 0. The molecular weight excluding hydrogens is 280 g/mol. The highest BCUT2D eigenvalue weighted by Crippen LogP contribution is 2.36. The zero-order chi connectivity index (χ0) is 15.1. The van der Waals surface area contributed by atoms with Gasteiger partial charge in [0, 0.05) is 23.7 Å². The van der Waals surface area contributed by atoms with Crippen molar-refractivity contribution in [1.29, 1.82) is 0 Å². The molecule has 0 unspecified atom stereocenters. The van der Waals surface area contributed by atoms with Gasteiger partial charge in [-0.25, -0.2) is 4.98 Å². The molecule has 112 valence electrons. The normalized spacial score (nSPS) is 18.0. The van der Waals surface area contributed by atoms with Gasteiger partial charge in [0.1, 0.15) is 11.5 Å². The van der Waals surface area contributed by atoms with Crippen molar-refractivity contribution in [3.8, 4) is 5.75 Å². The van der Waals surface area contributed by atoms with Crippen molar-refractivity contribution in [2.75, 3.05) is 12.4 Å². The molecule has 5 heteroatoms. The van der Waals surface area contributed by atoms with Gasteiger partial charge in [0.25, 0.3) is 5.91 Å². The topological polar surface area (TPSA) is 64.4 Å². The molecule has 0 spiro atoms. The molecule has 4 rings (SSSR count). The number of hydrogen-bond acceptors (Lipinski definition) is 4. The number of hydrogen-bond donors (Lipinski definition) is 1. The van der Waals surface area contributed by atoms with Crippen LogP contribution in [0.5, 0.6) is 5.75 Å². The third kappa shape index (κ3) is 2.09. The number of oxazole rings is 1. The Morgan fingerprint density at radius 3 is 3.00 bits per heavy atom. The maximum Gasteiger partial charge on any atom is 0.256 e. The van der Waals surface area contributed by atoms with Gasteiger partial charge in [0.05, 0.1) is 18.4 Å². The summed E-state index contributed by atoms with van der Waals surface area (Å²) in [6.45, 7) is 0. The van der Waals surface area contributed by atoms with Crippen LogP contribution >= 0.6 is 0 Å². The first-order chi connectivity index (χ1) is 10.7. The van der Waals surface area contributed by atoms with Crippen molar-refractivity contribution in [1.82, 2.24) is 4.98 Å². The van der Waals surface area contributed by atoms with Gasteiger partial charge < -0.3 is 14.5 Å². The molecule has 5 nitrogen and oxygen atoms in total. The summed E-state index contributed by atoms with van der Waals surface area (Å²) in [5, 5.41) is 2.85. The fraction of sp³-hybridized carbons (Fsp3) is 0.294. The number of rotatable bonds is 2. The largest absolute Gasteiger partial charge is 0.497 e. The Kier molecular flexibility index (Phi) is 2.99. The van der Waals surface area contributed by atoms with Gasteiger partial charge in [-0.1, -0.05) is 0 Å². The van der Waals surface area contributed by atoms with Gasteiger partial charge in [-0.3, -0.25) is 4.79 Å². The summed E-state index contributed by atoms with van der Waals surface area (Å²) in [4.78, 5) is 16.7. The molecule has 0 saturated carbocycles. The highest BCUT2D eigenvalue weighted by Gasteiger charge is 2.26. The fourth-order valence-corrected chi connectivity index (χ4v) is 2.99. The van der Waals surface area contributed by atoms with Gasteiger partial charge >= 0.3 is 0 Å². The van der Waals surface area contributed by atoms with Crippen LogP contribution in [0.2, 0.25) is 0 Å². The lowest BCUT2D eigenvalue weighted by molar-refractivity contribution is -0.110. The third-order valence-electron chi connectivity index (χ3n) is 4.14. The van der Waals surface area contributed by atoms with Crippen LogP contribution in [0.25, 0.3) is 11.6 Å². The van der Waals surface area contributed by atoms with Crippen LogP contribution in [0.15, 0.2) is 22.6 Å². The number of carbonyl (C=O) groups excluding carboxylic acids is 1. The molecule has 1 aromatic heterocycles. The molecule has 22 heavy (non-hydrogen) atoms. The van der Waals surface area contributed by atoms with E-state index in [0.29, 0.717) is 17.2 Å². The van der Waals surface area contributed by atoms with E-state index in [0.717, 1.165) is 48.4 Å². The Morgan fingerprint density at radius 2 is 2.18 bits per heavy atom. The van der Waals surface area contributed by atoms with Crippen molar-refractivity contribution in [3.05, 3.63) is 41.1 Å². The minimum absolute atomic E-state index is 0.139. The fourth-order valence-electron chi connectivity index (χ4n) is 2.99. The van der Waals surface area contributed by atoms with Crippen LogP contribution < -0.4 is 10.1 Å². The maximum absolute atomic E-state index is 12.2. The first kappa shape index (κ1) is 13.1. The summed E-state index contributed by atoms with van der Waals surface area (Å²) in [7, 11) is 1.61.